The van der Waals surface area contributed by atoms with E-state index < -0.39 is 0 Å². The van der Waals surface area contributed by atoms with E-state index in [1.807, 2.05) is 12.1 Å². The highest BCUT2D eigenvalue weighted by atomic mass is 35.5. The van der Waals surface area contributed by atoms with Crippen molar-refractivity contribution in [2.75, 3.05) is 26.2 Å². The van der Waals surface area contributed by atoms with Crippen LogP contribution in [0.5, 0.6) is 0 Å². The second-order valence-corrected chi connectivity index (χ2v) is 8.39. The van der Waals surface area contributed by atoms with Gasteiger partial charge in [0.1, 0.15) is 0 Å². The first kappa shape index (κ1) is 17.0. The third-order valence-corrected chi connectivity index (χ3v) is 5.66. The van der Waals surface area contributed by atoms with Crippen molar-refractivity contribution in [3.05, 3.63) is 40.4 Å². The van der Waals surface area contributed by atoms with Crippen molar-refractivity contribution in [1.82, 2.24) is 10.2 Å². The lowest BCUT2D eigenvalue weighted by Crippen LogP contribution is -2.50. The summed E-state index contributed by atoms with van der Waals surface area (Å²) < 4.78 is 0. The molecule has 1 aromatic carbocycles. The number of halogens is 1. The predicted molar refractivity (Wildman–Crippen MR) is 99.9 cm³/mol. The number of benzene rings is 1. The Bertz CT molecular complexity index is 574. The lowest BCUT2D eigenvalue weighted by molar-refractivity contribution is 0.184. The van der Waals surface area contributed by atoms with Crippen molar-refractivity contribution in [2.45, 2.75) is 46.1 Å². The summed E-state index contributed by atoms with van der Waals surface area (Å²) in [7, 11) is 0. The number of nitrogens with one attached hydrogen (secondary N) is 1. The maximum atomic E-state index is 6.09. The fraction of sp³-hybridized carbons (Fsp3) is 0.600. The molecule has 0 bridgehead atoms. The molecule has 0 aromatic heterocycles. The summed E-state index contributed by atoms with van der Waals surface area (Å²) in [5, 5.41) is 4.31. The quantitative estimate of drug-likeness (QED) is 0.870. The van der Waals surface area contributed by atoms with Crippen molar-refractivity contribution in [2.24, 2.45) is 5.41 Å². The molecular weight excluding hydrogens is 304 g/mol. The molecule has 1 aromatic rings. The average Bonchev–Trinajstić information content (AvgIpc) is 2.52. The first-order valence-electron chi connectivity index (χ1n) is 8.86. The highest BCUT2D eigenvalue weighted by molar-refractivity contribution is 6.30. The summed E-state index contributed by atoms with van der Waals surface area (Å²) in [4.78, 5) is 2.64. The monoisotopic (exact) mass is 332 g/mol. The van der Waals surface area contributed by atoms with Crippen LogP contribution in [-0.2, 0) is 0 Å². The second-order valence-electron chi connectivity index (χ2n) is 7.95. The van der Waals surface area contributed by atoms with Gasteiger partial charge in [-0.1, -0.05) is 43.2 Å². The Kier molecular flexibility index (Phi) is 5.15. The molecular formula is C20H29ClN2. The van der Waals surface area contributed by atoms with Gasteiger partial charge in [0.05, 0.1) is 0 Å². The maximum Gasteiger partial charge on any atom is 0.0406 e. The average molecular weight is 333 g/mol. The standard InChI is InChI=1S/C20H29ClN2/c1-15-13-22-10-11-23(15)14-17-8-9-20(2,3)12-19(17)16-4-6-18(21)7-5-16/h4-7,15,22H,8-14H2,1-3H3/t15-/m0/s1. The van der Waals surface area contributed by atoms with E-state index in [2.05, 4.69) is 43.1 Å². The smallest absolute Gasteiger partial charge is 0.0406 e. The molecule has 2 aliphatic rings. The zero-order valence-corrected chi connectivity index (χ0v) is 15.4. The fourth-order valence-electron chi connectivity index (χ4n) is 3.83. The molecule has 3 rings (SSSR count). The molecule has 0 radical (unpaired) electrons. The third-order valence-electron chi connectivity index (χ3n) is 5.41. The van der Waals surface area contributed by atoms with Gasteiger partial charge in [-0.05, 0) is 54.9 Å². The Morgan fingerprint density at radius 2 is 2.00 bits per heavy atom. The van der Waals surface area contributed by atoms with Gasteiger partial charge in [0.25, 0.3) is 0 Å². The van der Waals surface area contributed by atoms with Gasteiger partial charge in [-0.3, -0.25) is 4.90 Å². The minimum absolute atomic E-state index is 0.396. The van der Waals surface area contributed by atoms with E-state index in [-0.39, 0.29) is 0 Å². The Morgan fingerprint density at radius 1 is 1.26 bits per heavy atom. The Hall–Kier alpha value is -0.830. The van der Waals surface area contributed by atoms with E-state index in [9.17, 15) is 0 Å². The summed E-state index contributed by atoms with van der Waals surface area (Å²) in [5.74, 6) is 0. The van der Waals surface area contributed by atoms with Crippen LogP contribution in [-0.4, -0.2) is 37.1 Å². The van der Waals surface area contributed by atoms with E-state index >= 15 is 0 Å². The van der Waals surface area contributed by atoms with Gasteiger partial charge in [0.2, 0.25) is 0 Å². The van der Waals surface area contributed by atoms with Crippen molar-refractivity contribution in [3.63, 3.8) is 0 Å². The molecule has 126 valence electrons. The summed E-state index contributed by atoms with van der Waals surface area (Å²) in [5.41, 5.74) is 4.96. The molecule has 1 saturated heterocycles. The molecule has 1 aliphatic carbocycles. The van der Waals surface area contributed by atoms with Gasteiger partial charge in [0, 0.05) is 37.2 Å². The Labute approximate surface area is 145 Å². The number of hydrogen-bond donors (Lipinski definition) is 1. The normalized spacial score (nSPS) is 25.7. The minimum Gasteiger partial charge on any atom is -0.314 e. The van der Waals surface area contributed by atoms with Gasteiger partial charge >= 0.3 is 0 Å². The maximum absolute atomic E-state index is 6.09. The van der Waals surface area contributed by atoms with Crippen LogP contribution in [0.4, 0.5) is 0 Å². The molecule has 0 unspecified atom stereocenters. The Balaban J connectivity index is 1.89. The number of nitrogens with zero attached hydrogens (tertiary/aromatic N) is 1. The number of hydrogen-bond acceptors (Lipinski definition) is 2. The first-order valence-corrected chi connectivity index (χ1v) is 9.24. The van der Waals surface area contributed by atoms with E-state index in [0.29, 0.717) is 11.5 Å². The molecule has 0 saturated carbocycles. The summed E-state index contributed by atoms with van der Waals surface area (Å²) in [6.07, 6.45) is 3.69. The van der Waals surface area contributed by atoms with Crippen LogP contribution in [0.2, 0.25) is 5.02 Å². The van der Waals surface area contributed by atoms with Crippen LogP contribution in [0, 0.1) is 5.41 Å². The van der Waals surface area contributed by atoms with Gasteiger partial charge < -0.3 is 5.32 Å². The summed E-state index contributed by atoms with van der Waals surface area (Å²) in [6.45, 7) is 11.6. The lowest BCUT2D eigenvalue weighted by Gasteiger charge is -2.39. The highest BCUT2D eigenvalue weighted by Gasteiger charge is 2.29. The number of rotatable bonds is 3. The molecule has 2 nitrogen and oxygen atoms in total. The van der Waals surface area contributed by atoms with Crippen LogP contribution in [0.3, 0.4) is 0 Å². The van der Waals surface area contributed by atoms with E-state index in [1.54, 1.807) is 11.1 Å². The zero-order valence-electron chi connectivity index (χ0n) is 14.7. The Morgan fingerprint density at radius 3 is 2.70 bits per heavy atom. The van der Waals surface area contributed by atoms with E-state index in [4.69, 9.17) is 11.6 Å². The van der Waals surface area contributed by atoms with Crippen LogP contribution < -0.4 is 5.32 Å². The molecule has 1 aliphatic heterocycles. The van der Waals surface area contributed by atoms with Crippen LogP contribution in [0.1, 0.15) is 45.6 Å². The summed E-state index contributed by atoms with van der Waals surface area (Å²) >= 11 is 6.09. The SMILES string of the molecule is C[C@H]1CNCCN1CC1=C(c2ccc(Cl)cc2)CC(C)(C)CC1. The van der Waals surface area contributed by atoms with Gasteiger partial charge in [0.15, 0.2) is 0 Å². The van der Waals surface area contributed by atoms with Crippen molar-refractivity contribution >= 4 is 17.2 Å². The second kappa shape index (κ2) is 6.96. The van der Waals surface area contributed by atoms with Crippen LogP contribution in [0.25, 0.3) is 5.57 Å². The number of piperazine rings is 1. The van der Waals surface area contributed by atoms with Crippen molar-refractivity contribution in [1.29, 1.82) is 0 Å². The molecule has 1 heterocycles. The largest absolute Gasteiger partial charge is 0.314 e. The van der Waals surface area contributed by atoms with Crippen LogP contribution in [0.15, 0.2) is 29.8 Å². The van der Waals surface area contributed by atoms with E-state index in [1.165, 1.54) is 24.8 Å². The highest BCUT2D eigenvalue weighted by Crippen LogP contribution is 2.43. The topological polar surface area (TPSA) is 15.3 Å². The van der Waals surface area contributed by atoms with Crippen molar-refractivity contribution < 1.29 is 0 Å². The molecule has 1 N–H and O–H groups in total. The van der Waals surface area contributed by atoms with E-state index in [0.717, 1.165) is 31.2 Å². The summed E-state index contributed by atoms with van der Waals surface area (Å²) in [6, 6.07) is 9.06. The lowest BCUT2D eigenvalue weighted by atomic mass is 9.72. The van der Waals surface area contributed by atoms with Gasteiger partial charge in [-0.2, -0.15) is 0 Å². The van der Waals surface area contributed by atoms with Crippen LogP contribution >= 0.6 is 11.6 Å². The molecule has 0 spiro atoms. The minimum atomic E-state index is 0.396. The fourth-order valence-corrected chi connectivity index (χ4v) is 3.95. The molecule has 3 heteroatoms. The van der Waals surface area contributed by atoms with Crippen molar-refractivity contribution in [3.8, 4) is 0 Å². The molecule has 1 atom stereocenters. The molecule has 1 fully saturated rings. The van der Waals surface area contributed by atoms with Gasteiger partial charge in [-0.15, -0.1) is 0 Å². The molecule has 23 heavy (non-hydrogen) atoms. The predicted octanol–water partition coefficient (Wildman–Crippen LogP) is 4.60. The van der Waals surface area contributed by atoms with Gasteiger partial charge in [-0.25, -0.2) is 0 Å². The zero-order chi connectivity index (χ0) is 16.4. The number of allylic oxidation sites excluding steroid dienone is 1. The first-order chi connectivity index (χ1) is 10.9. The third kappa shape index (κ3) is 4.17. The molecule has 0 amide bonds.